The number of hydrogen-bond acceptors (Lipinski definition) is 3. The van der Waals surface area contributed by atoms with Crippen LogP contribution in [0.2, 0.25) is 0 Å². The third-order valence-corrected chi connectivity index (χ3v) is 2.13. The fourth-order valence-electron chi connectivity index (χ4n) is 0.861. The molecule has 0 atom stereocenters. The maximum atomic E-state index is 10.4. The van der Waals surface area contributed by atoms with Gasteiger partial charge in [-0.2, -0.15) is 0 Å². The van der Waals surface area contributed by atoms with E-state index >= 15 is 0 Å². The van der Waals surface area contributed by atoms with Crippen molar-refractivity contribution < 1.29 is 9.90 Å². The van der Waals surface area contributed by atoms with Gasteiger partial charge in [-0.25, -0.2) is 9.78 Å². The third-order valence-electron chi connectivity index (χ3n) is 1.35. The number of aromatic amines is 1. The van der Waals surface area contributed by atoms with Gasteiger partial charge in [-0.15, -0.1) is 11.3 Å². The van der Waals surface area contributed by atoms with Gasteiger partial charge in [0, 0.05) is 0 Å². The van der Waals surface area contributed by atoms with Crippen LogP contribution in [0, 0.1) is 0 Å². The number of fused-ring (bicyclic) bond motifs is 1. The Balaban J connectivity index is 2.67. The van der Waals surface area contributed by atoms with Crippen LogP contribution < -0.4 is 0 Å². The van der Waals surface area contributed by atoms with E-state index in [1.807, 2.05) is 0 Å². The summed E-state index contributed by atoms with van der Waals surface area (Å²) in [6.45, 7) is 0. The molecule has 0 bridgehead atoms. The van der Waals surface area contributed by atoms with Gasteiger partial charge in [-0.1, -0.05) is 0 Å². The van der Waals surface area contributed by atoms with E-state index in [0.717, 1.165) is 4.70 Å². The summed E-state index contributed by atoms with van der Waals surface area (Å²) >= 11 is 1.42. The first-order valence-corrected chi connectivity index (χ1v) is 3.81. The molecule has 0 aliphatic carbocycles. The second-order valence-corrected chi connectivity index (χ2v) is 2.94. The van der Waals surface area contributed by atoms with Crippen molar-refractivity contribution in [2.45, 2.75) is 0 Å². The maximum absolute atomic E-state index is 10.4. The minimum absolute atomic E-state index is 0.194. The number of aromatic carboxylic acids is 1. The highest BCUT2D eigenvalue weighted by molar-refractivity contribution is 7.16. The van der Waals surface area contributed by atoms with Crippen molar-refractivity contribution >= 4 is 27.7 Å². The van der Waals surface area contributed by atoms with Crippen molar-refractivity contribution in [1.29, 1.82) is 0 Å². The molecule has 2 heterocycles. The summed E-state index contributed by atoms with van der Waals surface area (Å²) < 4.78 is 0.877. The molecule has 4 nitrogen and oxygen atoms in total. The standard InChI is InChI=1S/C6H4N2O2S/c9-6(10)3-1-4-5(8-3)7-2-11-4/h1-2,8H,(H,9,10). The van der Waals surface area contributed by atoms with Crippen LogP contribution in [-0.4, -0.2) is 21.0 Å². The summed E-state index contributed by atoms with van der Waals surface area (Å²) in [5.41, 5.74) is 2.51. The number of rotatable bonds is 1. The normalized spacial score (nSPS) is 10.5. The number of carboxylic acids is 1. The predicted octanol–water partition coefficient (Wildman–Crippen LogP) is 1.32. The Labute approximate surface area is 65.5 Å². The minimum atomic E-state index is -0.949. The Bertz CT molecular complexity index is 375. The number of H-pyrrole nitrogens is 1. The molecule has 0 spiro atoms. The van der Waals surface area contributed by atoms with Gasteiger partial charge in [-0.3, -0.25) is 0 Å². The molecule has 0 saturated carbocycles. The van der Waals surface area contributed by atoms with Crippen molar-refractivity contribution in [2.75, 3.05) is 0 Å². The highest BCUT2D eigenvalue weighted by atomic mass is 32.1. The van der Waals surface area contributed by atoms with Crippen LogP contribution in [-0.2, 0) is 0 Å². The fourth-order valence-corrected chi connectivity index (χ4v) is 1.53. The molecule has 2 rings (SSSR count). The van der Waals surface area contributed by atoms with Crippen LogP contribution >= 0.6 is 11.3 Å². The molecule has 0 aliphatic rings. The van der Waals surface area contributed by atoms with Gasteiger partial charge in [0.1, 0.15) is 11.3 Å². The quantitative estimate of drug-likeness (QED) is 0.674. The van der Waals surface area contributed by atoms with E-state index in [4.69, 9.17) is 5.11 Å². The summed E-state index contributed by atoms with van der Waals surface area (Å²) in [5.74, 6) is -0.949. The topological polar surface area (TPSA) is 66.0 Å². The molecule has 2 N–H and O–H groups in total. The molecule has 2 aromatic heterocycles. The third kappa shape index (κ3) is 0.894. The highest BCUT2D eigenvalue weighted by Gasteiger charge is 2.07. The second kappa shape index (κ2) is 2.06. The zero-order chi connectivity index (χ0) is 7.84. The summed E-state index contributed by atoms with van der Waals surface area (Å²) in [6, 6.07) is 1.58. The second-order valence-electron chi connectivity index (χ2n) is 2.05. The average Bonchev–Trinajstić information content (AvgIpc) is 2.40. The van der Waals surface area contributed by atoms with Crippen LogP contribution in [0.25, 0.3) is 10.3 Å². The number of thiazole rings is 1. The summed E-state index contributed by atoms with van der Waals surface area (Å²) in [6.07, 6.45) is 0. The molecule has 0 radical (unpaired) electrons. The van der Waals surface area contributed by atoms with Gasteiger partial charge in [-0.05, 0) is 6.07 Å². The van der Waals surface area contributed by atoms with E-state index in [-0.39, 0.29) is 5.69 Å². The molecular weight excluding hydrogens is 164 g/mol. The summed E-state index contributed by atoms with van der Waals surface area (Å²) in [4.78, 5) is 17.0. The highest BCUT2D eigenvalue weighted by Crippen LogP contribution is 2.17. The van der Waals surface area contributed by atoms with Gasteiger partial charge in [0.15, 0.2) is 0 Å². The largest absolute Gasteiger partial charge is 0.477 e. The lowest BCUT2D eigenvalue weighted by Gasteiger charge is -1.82. The molecule has 56 valence electrons. The van der Waals surface area contributed by atoms with Crippen LogP contribution in [0.4, 0.5) is 0 Å². The first kappa shape index (κ1) is 6.36. The first-order chi connectivity index (χ1) is 5.27. The smallest absolute Gasteiger partial charge is 0.352 e. The zero-order valence-corrected chi connectivity index (χ0v) is 6.18. The lowest BCUT2D eigenvalue weighted by molar-refractivity contribution is 0.0691. The van der Waals surface area contributed by atoms with Crippen molar-refractivity contribution in [2.24, 2.45) is 0 Å². The first-order valence-electron chi connectivity index (χ1n) is 2.93. The molecule has 2 aromatic rings. The minimum Gasteiger partial charge on any atom is -0.477 e. The van der Waals surface area contributed by atoms with E-state index in [2.05, 4.69) is 9.97 Å². The van der Waals surface area contributed by atoms with Gasteiger partial charge >= 0.3 is 5.97 Å². The SMILES string of the molecule is O=C(O)c1cc2scnc2[nH]1. The van der Waals surface area contributed by atoms with Crippen molar-refractivity contribution in [3.05, 3.63) is 17.3 Å². The predicted molar refractivity (Wildman–Crippen MR) is 40.9 cm³/mol. The molecule has 0 amide bonds. The summed E-state index contributed by atoms with van der Waals surface area (Å²) in [5, 5.41) is 8.55. The van der Waals surface area contributed by atoms with Gasteiger partial charge in [0.2, 0.25) is 0 Å². The molecular formula is C6H4N2O2S. The Hall–Kier alpha value is -1.36. The zero-order valence-electron chi connectivity index (χ0n) is 5.37. The number of nitrogens with one attached hydrogen (secondary N) is 1. The Morgan fingerprint density at radius 2 is 2.55 bits per heavy atom. The van der Waals surface area contributed by atoms with E-state index < -0.39 is 5.97 Å². The number of carboxylic acid groups (broad SMARTS) is 1. The Morgan fingerprint density at radius 3 is 3.18 bits per heavy atom. The molecule has 5 heteroatoms. The lowest BCUT2D eigenvalue weighted by atomic mass is 10.4. The van der Waals surface area contributed by atoms with E-state index in [1.165, 1.54) is 11.3 Å². The van der Waals surface area contributed by atoms with Gasteiger partial charge in [0.25, 0.3) is 0 Å². The van der Waals surface area contributed by atoms with Crippen LogP contribution in [0.3, 0.4) is 0 Å². The monoisotopic (exact) mass is 168 g/mol. The Morgan fingerprint density at radius 1 is 1.73 bits per heavy atom. The van der Waals surface area contributed by atoms with E-state index in [1.54, 1.807) is 11.6 Å². The molecule has 0 aliphatic heterocycles. The van der Waals surface area contributed by atoms with Crippen LogP contribution in [0.5, 0.6) is 0 Å². The van der Waals surface area contributed by atoms with Crippen molar-refractivity contribution in [3.8, 4) is 0 Å². The van der Waals surface area contributed by atoms with E-state index in [0.29, 0.717) is 5.65 Å². The fraction of sp³-hybridized carbons (Fsp3) is 0. The number of aromatic nitrogens is 2. The molecule has 0 unspecified atom stereocenters. The maximum Gasteiger partial charge on any atom is 0.352 e. The van der Waals surface area contributed by atoms with Crippen LogP contribution in [0.15, 0.2) is 11.6 Å². The van der Waals surface area contributed by atoms with Crippen molar-refractivity contribution in [1.82, 2.24) is 9.97 Å². The molecule has 0 fully saturated rings. The number of hydrogen-bond donors (Lipinski definition) is 2. The molecule has 11 heavy (non-hydrogen) atoms. The van der Waals surface area contributed by atoms with E-state index in [9.17, 15) is 4.79 Å². The average molecular weight is 168 g/mol. The molecule has 0 aromatic carbocycles. The van der Waals surface area contributed by atoms with Crippen molar-refractivity contribution in [3.63, 3.8) is 0 Å². The van der Waals surface area contributed by atoms with Gasteiger partial charge in [0.05, 0.1) is 10.2 Å². The van der Waals surface area contributed by atoms with Gasteiger partial charge < -0.3 is 10.1 Å². The Kier molecular flexibility index (Phi) is 1.19. The number of nitrogens with zero attached hydrogens (tertiary/aromatic N) is 1. The lowest BCUT2D eigenvalue weighted by Crippen LogP contribution is -1.94. The molecule has 0 saturated heterocycles. The summed E-state index contributed by atoms with van der Waals surface area (Å²) in [7, 11) is 0. The number of carbonyl (C=O) groups is 1. The van der Waals surface area contributed by atoms with Crippen LogP contribution in [0.1, 0.15) is 10.5 Å².